The number of aromatic amines is 2. The lowest BCUT2D eigenvalue weighted by Crippen LogP contribution is -2.46. The number of H-pyrrole nitrogens is 2. The van der Waals surface area contributed by atoms with E-state index in [1.54, 1.807) is 17.1 Å². The largest absolute Gasteiger partial charge is 0.351 e. The molecule has 31 heavy (non-hydrogen) atoms. The summed E-state index contributed by atoms with van der Waals surface area (Å²) in [5.74, 6) is -0.0517. The molecule has 0 atom stereocenters. The van der Waals surface area contributed by atoms with Crippen LogP contribution in [-0.2, 0) is 11.3 Å². The quantitative estimate of drug-likeness (QED) is 0.480. The molecule has 7 nitrogen and oxygen atoms in total. The van der Waals surface area contributed by atoms with Crippen LogP contribution in [0.3, 0.4) is 0 Å². The molecule has 3 rings (SSSR count). The molecule has 3 aromatic rings. The summed E-state index contributed by atoms with van der Waals surface area (Å²) in [6.07, 6.45) is 3.23. The Balaban J connectivity index is 1.82. The van der Waals surface area contributed by atoms with E-state index in [0.29, 0.717) is 13.1 Å². The lowest BCUT2D eigenvalue weighted by molar-refractivity contribution is -0.121. The van der Waals surface area contributed by atoms with Crippen LogP contribution in [0.2, 0.25) is 0 Å². The van der Waals surface area contributed by atoms with Crippen molar-refractivity contribution in [2.75, 3.05) is 20.6 Å². The van der Waals surface area contributed by atoms with Crippen LogP contribution in [0.5, 0.6) is 0 Å². The van der Waals surface area contributed by atoms with E-state index in [9.17, 15) is 14.4 Å². The minimum Gasteiger partial charge on any atom is -0.351 e. The van der Waals surface area contributed by atoms with Crippen LogP contribution in [0.15, 0.2) is 62.6 Å². The van der Waals surface area contributed by atoms with Crippen molar-refractivity contribution in [3.63, 3.8) is 0 Å². The zero-order chi connectivity index (χ0) is 22.4. The predicted molar refractivity (Wildman–Crippen MR) is 125 cm³/mol. The van der Waals surface area contributed by atoms with Gasteiger partial charge in [0.15, 0.2) is 0 Å². The van der Waals surface area contributed by atoms with E-state index in [2.05, 4.69) is 31.2 Å². The summed E-state index contributed by atoms with van der Waals surface area (Å²) in [6.45, 7) is 0.751. The highest BCUT2D eigenvalue weighted by Gasteiger charge is 2.03. The number of halogens is 1. The van der Waals surface area contributed by atoms with Crippen LogP contribution in [-0.4, -0.2) is 41.4 Å². The van der Waals surface area contributed by atoms with Gasteiger partial charge in [0.05, 0.1) is 6.54 Å². The third-order valence-corrected chi connectivity index (χ3v) is 5.15. The molecule has 1 amide bonds. The van der Waals surface area contributed by atoms with Crippen molar-refractivity contribution in [1.29, 1.82) is 0 Å². The smallest absolute Gasteiger partial charge is 0.272 e. The van der Waals surface area contributed by atoms with E-state index in [4.69, 9.17) is 0 Å². The summed E-state index contributed by atoms with van der Waals surface area (Å²) >= 11 is 3.42. The summed E-state index contributed by atoms with van der Waals surface area (Å²) in [7, 11) is 3.67. The van der Waals surface area contributed by atoms with Gasteiger partial charge in [0.1, 0.15) is 10.7 Å². The molecular weight excluding hydrogens is 460 g/mol. The van der Waals surface area contributed by atoms with Gasteiger partial charge in [-0.05, 0) is 49.0 Å². The number of nitrogens with zero attached hydrogens (tertiary/aromatic N) is 1. The van der Waals surface area contributed by atoms with Crippen molar-refractivity contribution in [2.24, 2.45) is 0 Å². The molecular formula is C23H23BrN4O3. The molecule has 3 N–H and O–H groups in total. The van der Waals surface area contributed by atoms with Crippen LogP contribution in [0, 0.1) is 0 Å². The van der Waals surface area contributed by atoms with Gasteiger partial charge in [-0.3, -0.25) is 14.4 Å². The fourth-order valence-electron chi connectivity index (χ4n) is 2.89. The highest BCUT2D eigenvalue weighted by molar-refractivity contribution is 9.10. The van der Waals surface area contributed by atoms with Crippen LogP contribution in [0.1, 0.15) is 16.7 Å². The van der Waals surface area contributed by atoms with E-state index < -0.39 is 5.56 Å². The predicted octanol–water partition coefficient (Wildman–Crippen LogP) is 0.661. The van der Waals surface area contributed by atoms with Gasteiger partial charge in [0.2, 0.25) is 5.91 Å². The number of nitrogens with one attached hydrogen (secondary N) is 3. The van der Waals surface area contributed by atoms with Gasteiger partial charge < -0.3 is 20.2 Å². The molecule has 0 aliphatic rings. The molecule has 0 radical (unpaired) electrons. The van der Waals surface area contributed by atoms with Gasteiger partial charge in [-0.1, -0.05) is 58.4 Å². The van der Waals surface area contributed by atoms with Gasteiger partial charge in [0.25, 0.3) is 11.1 Å². The third-order valence-electron chi connectivity index (χ3n) is 4.43. The first kappa shape index (κ1) is 22.5. The van der Waals surface area contributed by atoms with Crippen molar-refractivity contribution in [1.82, 2.24) is 20.2 Å². The van der Waals surface area contributed by atoms with Gasteiger partial charge in [-0.15, -0.1) is 0 Å². The number of benzene rings is 2. The zero-order valence-corrected chi connectivity index (χ0v) is 18.8. The summed E-state index contributed by atoms with van der Waals surface area (Å²) in [6, 6.07) is 14.8. The lowest BCUT2D eigenvalue weighted by atomic mass is 10.1. The molecule has 1 heterocycles. The highest BCUT2D eigenvalue weighted by atomic mass is 79.9. The maximum absolute atomic E-state index is 12.5. The molecule has 0 aliphatic carbocycles. The maximum Gasteiger partial charge on any atom is 0.272 e. The summed E-state index contributed by atoms with van der Waals surface area (Å²) < 4.78 is 0.823. The Hall–Kier alpha value is -3.23. The number of carbonyl (C=O) groups excluding carboxylic acids is 1. The number of rotatable bonds is 6. The summed E-state index contributed by atoms with van der Waals surface area (Å²) in [5.41, 5.74) is 1.70. The average Bonchev–Trinajstić information content (AvgIpc) is 2.72. The zero-order valence-electron chi connectivity index (χ0n) is 17.2. The van der Waals surface area contributed by atoms with Crippen molar-refractivity contribution >= 4 is 34.0 Å². The molecule has 8 heteroatoms. The number of hydrogen-bond donors (Lipinski definition) is 3. The molecule has 160 valence electrons. The Morgan fingerprint density at radius 1 is 0.968 bits per heavy atom. The van der Waals surface area contributed by atoms with Gasteiger partial charge in [-0.25, -0.2) is 0 Å². The normalized spacial score (nSPS) is 12.4. The Kier molecular flexibility index (Phi) is 7.38. The van der Waals surface area contributed by atoms with Crippen molar-refractivity contribution in [3.05, 3.63) is 101 Å². The van der Waals surface area contributed by atoms with E-state index in [-0.39, 0.29) is 22.2 Å². The van der Waals surface area contributed by atoms with Crippen LogP contribution >= 0.6 is 15.9 Å². The molecule has 0 saturated heterocycles. The second-order valence-corrected chi connectivity index (χ2v) is 8.16. The van der Waals surface area contributed by atoms with Gasteiger partial charge in [-0.2, -0.15) is 0 Å². The minimum atomic E-state index is -0.391. The molecule has 0 unspecified atom stereocenters. The van der Waals surface area contributed by atoms with E-state index >= 15 is 0 Å². The lowest BCUT2D eigenvalue weighted by Gasteiger charge is -2.10. The fraction of sp³-hybridized carbons (Fsp3) is 0.174. The minimum absolute atomic E-state index is 0.0517. The third kappa shape index (κ3) is 6.37. The fourth-order valence-corrected chi connectivity index (χ4v) is 3.29. The first-order valence-electron chi connectivity index (χ1n) is 9.63. The van der Waals surface area contributed by atoms with E-state index in [1.807, 2.05) is 62.6 Å². The van der Waals surface area contributed by atoms with Gasteiger partial charge >= 0.3 is 0 Å². The Morgan fingerprint density at radius 3 is 2.19 bits per heavy atom. The molecule has 0 spiro atoms. The van der Waals surface area contributed by atoms with Crippen molar-refractivity contribution in [3.8, 4) is 0 Å². The SMILES string of the molecule is CN(C)CC(=O)NCc1ccc(/C=c2\[nH]c(=O)/c(=C/c3ccccc3Br)[nH]c2=O)cc1. The standard InChI is InChI=1S/C23H23BrN4O3/c1-28(2)14-21(29)25-13-16-9-7-15(8-10-16)11-19-22(30)27-20(23(31)26-19)12-17-5-3-4-6-18(17)24/h3-12H,13-14H2,1-2H3,(H,25,29)(H,26,31)(H,27,30)/b19-11-,20-12-. The first-order valence-corrected chi connectivity index (χ1v) is 10.4. The Morgan fingerprint density at radius 2 is 1.58 bits per heavy atom. The van der Waals surface area contributed by atoms with Crippen molar-refractivity contribution in [2.45, 2.75) is 6.54 Å². The summed E-state index contributed by atoms with van der Waals surface area (Å²) in [4.78, 5) is 43.7. The molecule has 0 saturated carbocycles. The number of hydrogen-bond acceptors (Lipinski definition) is 4. The second-order valence-electron chi connectivity index (χ2n) is 7.30. The van der Waals surface area contributed by atoms with Crippen LogP contribution < -0.4 is 27.1 Å². The number of likely N-dealkylation sites (N-methyl/N-ethyl adjacent to an activating group) is 1. The molecule has 2 aromatic carbocycles. The topological polar surface area (TPSA) is 98.1 Å². The van der Waals surface area contributed by atoms with Crippen LogP contribution in [0.4, 0.5) is 0 Å². The molecule has 0 aliphatic heterocycles. The monoisotopic (exact) mass is 482 g/mol. The molecule has 0 fully saturated rings. The van der Waals surface area contributed by atoms with E-state index in [1.165, 1.54) is 0 Å². The average molecular weight is 483 g/mol. The number of amides is 1. The van der Waals surface area contributed by atoms with Crippen LogP contribution in [0.25, 0.3) is 12.2 Å². The Labute approximate surface area is 187 Å². The Bertz CT molecular complexity index is 1310. The number of carbonyl (C=O) groups is 1. The molecule has 1 aromatic heterocycles. The highest BCUT2D eigenvalue weighted by Crippen LogP contribution is 2.15. The summed E-state index contributed by atoms with van der Waals surface area (Å²) in [5, 5.41) is 3.19. The van der Waals surface area contributed by atoms with Gasteiger partial charge in [0, 0.05) is 11.0 Å². The second kappa shape index (κ2) is 10.2. The first-order chi connectivity index (χ1) is 14.8. The molecule has 0 bridgehead atoms. The van der Waals surface area contributed by atoms with E-state index in [0.717, 1.165) is 21.2 Å². The van der Waals surface area contributed by atoms with Crippen molar-refractivity contribution < 1.29 is 4.79 Å². The maximum atomic E-state index is 12.5. The number of aromatic nitrogens is 2.